The van der Waals surface area contributed by atoms with Crippen molar-refractivity contribution in [2.75, 3.05) is 4.31 Å². The van der Waals surface area contributed by atoms with Gasteiger partial charge in [0, 0.05) is 5.02 Å². The van der Waals surface area contributed by atoms with Crippen molar-refractivity contribution in [3.8, 4) is 0 Å². The molecule has 0 spiro atoms. The van der Waals surface area contributed by atoms with E-state index in [1.165, 1.54) is 4.31 Å². The van der Waals surface area contributed by atoms with Gasteiger partial charge in [-0.15, -0.1) is 0 Å². The van der Waals surface area contributed by atoms with E-state index >= 15 is 0 Å². The molecule has 3 aromatic rings. The van der Waals surface area contributed by atoms with Gasteiger partial charge >= 0.3 is 0 Å². The van der Waals surface area contributed by atoms with Gasteiger partial charge in [-0.1, -0.05) is 65.7 Å². The summed E-state index contributed by atoms with van der Waals surface area (Å²) >= 11 is 6.09. The van der Waals surface area contributed by atoms with Crippen LogP contribution in [0.15, 0.2) is 83.8 Å². The first-order valence-corrected chi connectivity index (χ1v) is 9.67. The molecular weight excluding hydrogens is 354 g/mol. The highest BCUT2D eigenvalue weighted by Gasteiger charge is 2.25. The number of hydrogen-bond acceptors (Lipinski definition) is 2. The Morgan fingerprint density at radius 2 is 1.60 bits per heavy atom. The summed E-state index contributed by atoms with van der Waals surface area (Å²) in [4.78, 5) is 0.252. The maximum absolute atomic E-state index is 13.2. The van der Waals surface area contributed by atoms with Crippen LogP contribution in [0, 0.1) is 6.92 Å². The maximum atomic E-state index is 13.2. The summed E-state index contributed by atoms with van der Waals surface area (Å²) in [7, 11) is -3.71. The molecule has 3 nitrogen and oxygen atoms in total. The largest absolute Gasteiger partial charge is 0.264 e. The smallest absolute Gasteiger partial charge is 0.262 e. The van der Waals surface area contributed by atoms with Gasteiger partial charge in [0.05, 0.1) is 17.1 Å². The van der Waals surface area contributed by atoms with Gasteiger partial charge in [0.1, 0.15) is 0 Å². The maximum Gasteiger partial charge on any atom is 0.264 e. The zero-order chi connectivity index (χ0) is 17.9. The van der Waals surface area contributed by atoms with Crippen molar-refractivity contribution in [3.63, 3.8) is 0 Å². The van der Waals surface area contributed by atoms with E-state index in [4.69, 9.17) is 11.6 Å². The molecule has 0 radical (unpaired) electrons. The Morgan fingerprint density at radius 1 is 0.880 bits per heavy atom. The quantitative estimate of drug-likeness (QED) is 0.629. The summed E-state index contributed by atoms with van der Waals surface area (Å²) in [6.45, 7) is 2.22. The molecule has 0 aliphatic carbocycles. The number of halogens is 1. The molecule has 0 bridgehead atoms. The van der Waals surface area contributed by atoms with Gasteiger partial charge in [-0.05, 0) is 42.8 Å². The number of benzene rings is 3. The predicted molar refractivity (Wildman–Crippen MR) is 102 cm³/mol. The minimum absolute atomic E-state index is 0.235. The van der Waals surface area contributed by atoms with Crippen LogP contribution in [0.5, 0.6) is 0 Å². The van der Waals surface area contributed by atoms with Gasteiger partial charge in [0.2, 0.25) is 0 Å². The second-order valence-electron chi connectivity index (χ2n) is 5.79. The van der Waals surface area contributed by atoms with E-state index in [9.17, 15) is 8.42 Å². The van der Waals surface area contributed by atoms with Crippen LogP contribution in [0.1, 0.15) is 11.1 Å². The molecule has 0 saturated carbocycles. The SMILES string of the molecule is Cc1cccc(CN(c2cccc(Cl)c2)S(=O)(=O)c2ccccc2)c1. The van der Waals surface area contributed by atoms with Crippen molar-refractivity contribution in [1.29, 1.82) is 0 Å². The second kappa shape index (κ2) is 7.30. The number of anilines is 1. The van der Waals surface area contributed by atoms with Gasteiger partial charge in [0.15, 0.2) is 0 Å². The van der Waals surface area contributed by atoms with Gasteiger partial charge in [-0.2, -0.15) is 0 Å². The first-order valence-electron chi connectivity index (χ1n) is 7.86. The Balaban J connectivity index is 2.09. The molecule has 0 amide bonds. The highest BCUT2D eigenvalue weighted by Crippen LogP contribution is 2.28. The average molecular weight is 372 g/mol. The van der Waals surface area contributed by atoms with Crippen molar-refractivity contribution in [1.82, 2.24) is 0 Å². The summed E-state index contributed by atoms with van der Waals surface area (Å²) in [6, 6.07) is 23.1. The molecule has 0 atom stereocenters. The van der Waals surface area contributed by atoms with E-state index < -0.39 is 10.0 Å². The Kier molecular flexibility index (Phi) is 5.11. The third-order valence-corrected chi connectivity index (χ3v) is 5.86. The zero-order valence-electron chi connectivity index (χ0n) is 13.8. The van der Waals surface area contributed by atoms with Crippen molar-refractivity contribution in [2.45, 2.75) is 18.4 Å². The number of rotatable bonds is 5. The summed E-state index contributed by atoms with van der Waals surface area (Å²) in [5.74, 6) is 0. The van der Waals surface area contributed by atoms with E-state index in [2.05, 4.69) is 0 Å². The molecule has 3 rings (SSSR count). The number of sulfonamides is 1. The monoisotopic (exact) mass is 371 g/mol. The lowest BCUT2D eigenvalue weighted by Crippen LogP contribution is -2.30. The molecule has 0 N–H and O–H groups in total. The summed E-state index contributed by atoms with van der Waals surface area (Å²) in [5, 5.41) is 0.495. The van der Waals surface area contributed by atoms with Crippen LogP contribution in [0.25, 0.3) is 0 Å². The fourth-order valence-corrected chi connectivity index (χ4v) is 4.29. The summed E-state index contributed by atoms with van der Waals surface area (Å²) in [6.07, 6.45) is 0. The van der Waals surface area contributed by atoms with Crippen LogP contribution in [-0.4, -0.2) is 8.42 Å². The lowest BCUT2D eigenvalue weighted by atomic mass is 10.1. The van der Waals surface area contributed by atoms with Crippen molar-refractivity contribution >= 4 is 27.3 Å². The van der Waals surface area contributed by atoms with Crippen LogP contribution >= 0.6 is 11.6 Å². The standard InChI is InChI=1S/C20H18ClNO2S/c1-16-7-5-8-17(13-16)15-22(19-10-6-9-18(21)14-19)25(23,24)20-11-3-2-4-12-20/h2-14H,15H2,1H3. The molecule has 5 heteroatoms. The topological polar surface area (TPSA) is 37.4 Å². The molecule has 128 valence electrons. The number of aryl methyl sites for hydroxylation is 1. The van der Waals surface area contributed by atoms with Gasteiger partial charge < -0.3 is 0 Å². The van der Waals surface area contributed by atoms with Crippen LogP contribution < -0.4 is 4.31 Å². The van der Waals surface area contributed by atoms with E-state index in [-0.39, 0.29) is 11.4 Å². The molecule has 0 heterocycles. The van der Waals surface area contributed by atoms with Crippen molar-refractivity contribution < 1.29 is 8.42 Å². The van der Waals surface area contributed by atoms with Crippen LogP contribution in [0.4, 0.5) is 5.69 Å². The predicted octanol–water partition coefficient (Wildman–Crippen LogP) is 5.04. The third-order valence-electron chi connectivity index (χ3n) is 3.84. The Morgan fingerprint density at radius 3 is 2.28 bits per heavy atom. The fraction of sp³-hybridized carbons (Fsp3) is 0.100. The number of hydrogen-bond donors (Lipinski definition) is 0. The normalized spacial score (nSPS) is 11.3. The van der Waals surface area contributed by atoms with Crippen molar-refractivity contribution in [3.05, 3.63) is 95.0 Å². The van der Waals surface area contributed by atoms with E-state index in [1.54, 1.807) is 54.6 Å². The minimum atomic E-state index is -3.71. The molecule has 3 aromatic carbocycles. The fourth-order valence-electron chi connectivity index (χ4n) is 2.64. The molecule has 25 heavy (non-hydrogen) atoms. The van der Waals surface area contributed by atoms with E-state index in [0.29, 0.717) is 10.7 Å². The van der Waals surface area contributed by atoms with E-state index in [1.807, 2.05) is 31.2 Å². The Hall–Kier alpha value is -2.30. The summed E-state index contributed by atoms with van der Waals surface area (Å²) < 4.78 is 27.8. The lowest BCUT2D eigenvalue weighted by Gasteiger charge is -2.25. The third kappa shape index (κ3) is 4.03. The molecule has 0 aromatic heterocycles. The van der Waals surface area contributed by atoms with Crippen LogP contribution in [0.2, 0.25) is 5.02 Å². The molecular formula is C20H18ClNO2S. The van der Waals surface area contributed by atoms with Crippen LogP contribution in [-0.2, 0) is 16.6 Å². The Bertz CT molecular complexity index is 972. The number of nitrogens with zero attached hydrogens (tertiary/aromatic N) is 1. The first kappa shape index (κ1) is 17.5. The molecule has 0 saturated heterocycles. The zero-order valence-corrected chi connectivity index (χ0v) is 15.3. The highest BCUT2D eigenvalue weighted by molar-refractivity contribution is 7.92. The highest BCUT2D eigenvalue weighted by atomic mass is 35.5. The molecule has 0 aliphatic rings. The lowest BCUT2D eigenvalue weighted by molar-refractivity contribution is 0.590. The average Bonchev–Trinajstić information content (AvgIpc) is 2.60. The molecule has 0 aliphatic heterocycles. The molecule has 0 fully saturated rings. The summed E-state index contributed by atoms with van der Waals surface area (Å²) in [5.41, 5.74) is 2.54. The first-order chi connectivity index (χ1) is 12.0. The Labute approximate surface area is 153 Å². The van der Waals surface area contributed by atoms with Crippen molar-refractivity contribution in [2.24, 2.45) is 0 Å². The molecule has 0 unspecified atom stereocenters. The van der Waals surface area contributed by atoms with Crippen LogP contribution in [0.3, 0.4) is 0 Å². The van der Waals surface area contributed by atoms with Gasteiger partial charge in [-0.25, -0.2) is 8.42 Å². The second-order valence-corrected chi connectivity index (χ2v) is 8.09. The minimum Gasteiger partial charge on any atom is -0.262 e. The van der Waals surface area contributed by atoms with Gasteiger partial charge in [0.25, 0.3) is 10.0 Å². The van der Waals surface area contributed by atoms with E-state index in [0.717, 1.165) is 11.1 Å². The van der Waals surface area contributed by atoms with Gasteiger partial charge in [-0.3, -0.25) is 4.31 Å².